The maximum absolute atomic E-state index is 12.3. The van der Waals surface area contributed by atoms with Crippen LogP contribution >= 0.6 is 12.2 Å². The van der Waals surface area contributed by atoms with E-state index in [0.29, 0.717) is 29.7 Å². The lowest BCUT2D eigenvalue weighted by Gasteiger charge is -2.17. The van der Waals surface area contributed by atoms with Crippen molar-refractivity contribution in [2.75, 3.05) is 0 Å². The van der Waals surface area contributed by atoms with E-state index in [-0.39, 0.29) is 5.91 Å². The highest BCUT2D eigenvalue weighted by molar-refractivity contribution is 7.71. The average molecular weight is 344 g/mol. The molecule has 0 aliphatic heterocycles. The van der Waals surface area contributed by atoms with Gasteiger partial charge in [0.2, 0.25) is 5.91 Å². The molecule has 1 amide bonds. The van der Waals surface area contributed by atoms with Crippen molar-refractivity contribution in [3.8, 4) is 11.4 Å². The topological polar surface area (TPSA) is 62.7 Å². The molecule has 1 aliphatic rings. The molecule has 0 bridgehead atoms. The van der Waals surface area contributed by atoms with Crippen molar-refractivity contribution < 1.29 is 4.79 Å². The largest absolute Gasteiger partial charge is 0.353 e. The van der Waals surface area contributed by atoms with E-state index in [2.05, 4.69) is 29.4 Å². The third-order valence-electron chi connectivity index (χ3n) is 4.84. The third kappa shape index (κ3) is 3.75. The molecule has 1 aromatic heterocycles. The Morgan fingerprint density at radius 1 is 1.38 bits per heavy atom. The van der Waals surface area contributed by atoms with Crippen molar-refractivity contribution in [2.24, 2.45) is 5.92 Å². The molecule has 0 radical (unpaired) electrons. The molecule has 1 heterocycles. The molecule has 5 nitrogen and oxygen atoms in total. The number of benzene rings is 1. The number of nitrogens with zero attached hydrogens (tertiary/aromatic N) is 2. The van der Waals surface area contributed by atoms with Crippen LogP contribution in [-0.4, -0.2) is 26.7 Å². The molecule has 1 aliphatic carbocycles. The van der Waals surface area contributed by atoms with Gasteiger partial charge in [-0.3, -0.25) is 14.5 Å². The van der Waals surface area contributed by atoms with E-state index in [1.54, 1.807) is 0 Å². The van der Waals surface area contributed by atoms with E-state index in [1.165, 1.54) is 18.4 Å². The Kier molecular flexibility index (Phi) is 5.14. The van der Waals surface area contributed by atoms with Gasteiger partial charge in [0.05, 0.1) is 0 Å². The smallest absolute Gasteiger partial charge is 0.222 e. The fraction of sp³-hybridized carbons (Fsp3) is 0.500. The predicted molar refractivity (Wildman–Crippen MR) is 97.1 cm³/mol. The fourth-order valence-electron chi connectivity index (χ4n) is 3.30. The molecule has 6 heteroatoms. The summed E-state index contributed by atoms with van der Waals surface area (Å²) in [5.41, 5.74) is 2.20. The van der Waals surface area contributed by atoms with Crippen LogP contribution in [0.4, 0.5) is 0 Å². The number of hydrogen-bond acceptors (Lipinski definition) is 3. The van der Waals surface area contributed by atoms with Crippen molar-refractivity contribution in [1.82, 2.24) is 20.1 Å². The van der Waals surface area contributed by atoms with Crippen LogP contribution in [0.1, 0.15) is 38.2 Å². The van der Waals surface area contributed by atoms with Gasteiger partial charge >= 0.3 is 0 Å². The highest BCUT2D eigenvalue weighted by Gasteiger charge is 2.24. The lowest BCUT2D eigenvalue weighted by Crippen LogP contribution is -2.36. The van der Waals surface area contributed by atoms with Gasteiger partial charge < -0.3 is 5.32 Å². The minimum absolute atomic E-state index is 0.0895. The highest BCUT2D eigenvalue weighted by atomic mass is 32.1. The van der Waals surface area contributed by atoms with Gasteiger partial charge in [0.15, 0.2) is 10.6 Å². The van der Waals surface area contributed by atoms with Crippen LogP contribution in [0, 0.1) is 17.6 Å². The maximum Gasteiger partial charge on any atom is 0.222 e. The number of rotatable bonds is 5. The Hall–Kier alpha value is -1.95. The summed E-state index contributed by atoms with van der Waals surface area (Å²) in [6.45, 7) is 4.79. The van der Waals surface area contributed by atoms with Crippen molar-refractivity contribution in [3.63, 3.8) is 0 Å². The number of amides is 1. The summed E-state index contributed by atoms with van der Waals surface area (Å²) in [5.74, 6) is 1.45. The highest BCUT2D eigenvalue weighted by Crippen LogP contribution is 2.25. The Labute approximate surface area is 147 Å². The molecule has 2 atom stereocenters. The van der Waals surface area contributed by atoms with Gasteiger partial charge in [-0.05, 0) is 37.9 Å². The molecule has 0 unspecified atom stereocenters. The molecule has 24 heavy (non-hydrogen) atoms. The van der Waals surface area contributed by atoms with Gasteiger partial charge in [-0.15, -0.1) is 0 Å². The zero-order valence-corrected chi connectivity index (χ0v) is 15.0. The van der Waals surface area contributed by atoms with Crippen LogP contribution in [0.15, 0.2) is 24.3 Å². The van der Waals surface area contributed by atoms with Crippen LogP contribution in [-0.2, 0) is 11.3 Å². The van der Waals surface area contributed by atoms with Crippen LogP contribution < -0.4 is 5.32 Å². The van der Waals surface area contributed by atoms with E-state index in [0.717, 1.165) is 17.8 Å². The number of nitrogens with one attached hydrogen (secondary N) is 2. The van der Waals surface area contributed by atoms with Crippen LogP contribution in [0.3, 0.4) is 0 Å². The Morgan fingerprint density at radius 3 is 2.79 bits per heavy atom. The number of H-pyrrole nitrogens is 1. The standard InChI is InChI=1S/C18H24N4OS/c1-12-6-8-14(9-7-12)17-20-21-18(24)22(17)11-10-16(23)19-15-5-3-4-13(15)2/h6-9,13,15H,3-5,10-11H2,1-2H3,(H,19,23)(H,21,24)/t13-,15+/m0/s1. The summed E-state index contributed by atoms with van der Waals surface area (Å²) in [5, 5.41) is 10.3. The number of aromatic amines is 1. The molecule has 3 rings (SSSR count). The molecular formula is C18H24N4OS. The lowest BCUT2D eigenvalue weighted by atomic mass is 10.1. The van der Waals surface area contributed by atoms with E-state index in [1.807, 2.05) is 28.8 Å². The summed E-state index contributed by atoms with van der Waals surface area (Å²) in [7, 11) is 0. The summed E-state index contributed by atoms with van der Waals surface area (Å²) in [6.07, 6.45) is 3.91. The van der Waals surface area contributed by atoms with Gasteiger partial charge in [0.25, 0.3) is 0 Å². The second-order valence-electron chi connectivity index (χ2n) is 6.70. The second-order valence-corrected chi connectivity index (χ2v) is 7.09. The molecule has 2 N–H and O–H groups in total. The van der Waals surface area contributed by atoms with E-state index >= 15 is 0 Å². The molecule has 2 aromatic rings. The predicted octanol–water partition coefficient (Wildman–Crippen LogP) is 3.61. The van der Waals surface area contributed by atoms with E-state index in [9.17, 15) is 4.79 Å². The van der Waals surface area contributed by atoms with E-state index < -0.39 is 0 Å². The zero-order chi connectivity index (χ0) is 17.1. The lowest BCUT2D eigenvalue weighted by molar-refractivity contribution is -0.122. The minimum atomic E-state index is 0.0895. The molecular weight excluding hydrogens is 320 g/mol. The van der Waals surface area contributed by atoms with Crippen molar-refractivity contribution in [3.05, 3.63) is 34.6 Å². The Balaban J connectivity index is 1.67. The first-order chi connectivity index (χ1) is 11.5. The summed E-state index contributed by atoms with van der Waals surface area (Å²) in [4.78, 5) is 12.3. The number of aryl methyl sites for hydroxylation is 1. The Bertz CT molecular complexity index is 762. The molecule has 1 aromatic carbocycles. The van der Waals surface area contributed by atoms with Gasteiger partial charge in [0.1, 0.15) is 0 Å². The van der Waals surface area contributed by atoms with Gasteiger partial charge in [0, 0.05) is 24.6 Å². The minimum Gasteiger partial charge on any atom is -0.353 e. The average Bonchev–Trinajstić information content (AvgIpc) is 3.12. The first-order valence-corrected chi connectivity index (χ1v) is 8.97. The number of aromatic nitrogens is 3. The number of carbonyl (C=O) groups is 1. The molecule has 128 valence electrons. The molecule has 0 spiro atoms. The third-order valence-corrected chi connectivity index (χ3v) is 5.15. The SMILES string of the molecule is Cc1ccc(-c2n[nH]c(=S)n2CCC(=O)N[C@@H]2CCC[C@@H]2C)cc1. The molecule has 1 fully saturated rings. The number of carbonyl (C=O) groups excluding carboxylic acids is 1. The van der Waals surface area contributed by atoms with Crippen LogP contribution in [0.2, 0.25) is 0 Å². The number of hydrogen-bond donors (Lipinski definition) is 2. The first-order valence-electron chi connectivity index (χ1n) is 8.56. The van der Waals surface area contributed by atoms with Gasteiger partial charge in [-0.2, -0.15) is 5.10 Å². The summed E-state index contributed by atoms with van der Waals surface area (Å²) >= 11 is 5.33. The van der Waals surface area contributed by atoms with Crippen LogP contribution in [0.5, 0.6) is 0 Å². The molecule has 1 saturated carbocycles. The van der Waals surface area contributed by atoms with Crippen molar-refractivity contribution >= 4 is 18.1 Å². The van der Waals surface area contributed by atoms with Crippen molar-refractivity contribution in [2.45, 2.75) is 52.1 Å². The maximum atomic E-state index is 12.3. The van der Waals surface area contributed by atoms with Gasteiger partial charge in [-0.25, -0.2) is 0 Å². The van der Waals surface area contributed by atoms with Crippen molar-refractivity contribution in [1.29, 1.82) is 0 Å². The first kappa shape index (κ1) is 16.9. The normalized spacial score (nSPS) is 20.2. The second kappa shape index (κ2) is 7.30. The van der Waals surface area contributed by atoms with E-state index in [4.69, 9.17) is 12.2 Å². The quantitative estimate of drug-likeness (QED) is 0.815. The zero-order valence-electron chi connectivity index (χ0n) is 14.2. The Morgan fingerprint density at radius 2 is 2.12 bits per heavy atom. The summed E-state index contributed by atoms with van der Waals surface area (Å²) < 4.78 is 2.45. The molecule has 0 saturated heterocycles. The van der Waals surface area contributed by atoms with Gasteiger partial charge in [-0.1, -0.05) is 43.2 Å². The monoisotopic (exact) mass is 344 g/mol. The fourth-order valence-corrected chi connectivity index (χ4v) is 3.52. The van der Waals surface area contributed by atoms with Crippen LogP contribution in [0.25, 0.3) is 11.4 Å². The summed E-state index contributed by atoms with van der Waals surface area (Å²) in [6, 6.07) is 8.47.